The number of hydrogen-bond acceptors (Lipinski definition) is 2. The zero-order chi connectivity index (χ0) is 12.7. The molecular formula is C13H29N3O. The fraction of sp³-hybridized carbons (Fsp3) is 0.923. The van der Waals surface area contributed by atoms with Gasteiger partial charge in [0.25, 0.3) is 0 Å². The predicted octanol–water partition coefficient (Wildman–Crippen LogP) is 2.16. The minimum absolute atomic E-state index is 0. The van der Waals surface area contributed by atoms with E-state index in [2.05, 4.69) is 17.1 Å². The molecule has 0 aromatic rings. The van der Waals surface area contributed by atoms with E-state index in [1.807, 2.05) is 18.7 Å². The fourth-order valence-electron chi connectivity index (χ4n) is 2.10. The maximum absolute atomic E-state index is 11.8. The van der Waals surface area contributed by atoms with Gasteiger partial charge in [0.05, 0.1) is 0 Å². The summed E-state index contributed by atoms with van der Waals surface area (Å²) < 4.78 is 0. The van der Waals surface area contributed by atoms with Gasteiger partial charge in [0.15, 0.2) is 0 Å². The van der Waals surface area contributed by atoms with Crippen LogP contribution in [0, 0.1) is 0 Å². The third-order valence-electron chi connectivity index (χ3n) is 3.15. The summed E-state index contributed by atoms with van der Waals surface area (Å²) in [5.74, 6) is 0. The van der Waals surface area contributed by atoms with E-state index in [0.29, 0.717) is 0 Å². The molecule has 1 fully saturated rings. The Balaban J connectivity index is 0.00000289. The van der Waals surface area contributed by atoms with Crippen LogP contribution in [-0.4, -0.2) is 54.6 Å². The second-order valence-corrected chi connectivity index (χ2v) is 5.14. The molecule has 2 amide bonds. The van der Waals surface area contributed by atoms with Crippen LogP contribution in [0.3, 0.4) is 0 Å². The normalized spacial score (nSPS) is 17.5. The summed E-state index contributed by atoms with van der Waals surface area (Å²) >= 11 is 0. The van der Waals surface area contributed by atoms with Gasteiger partial charge < -0.3 is 10.2 Å². The molecule has 0 aromatic carbocycles. The summed E-state index contributed by atoms with van der Waals surface area (Å²) in [6, 6.07) is 0.318. The van der Waals surface area contributed by atoms with Crippen LogP contribution in [0.15, 0.2) is 0 Å². The number of carbonyl (C=O) groups excluding carboxylic acids is 1. The van der Waals surface area contributed by atoms with E-state index in [0.717, 1.165) is 26.2 Å². The Morgan fingerprint density at radius 1 is 1.24 bits per heavy atom. The van der Waals surface area contributed by atoms with E-state index in [1.165, 1.54) is 25.8 Å². The average molecular weight is 243 g/mol. The predicted molar refractivity (Wildman–Crippen MR) is 73.3 cm³/mol. The summed E-state index contributed by atoms with van der Waals surface area (Å²) in [5, 5.41) is 2.95. The van der Waals surface area contributed by atoms with Crippen molar-refractivity contribution in [2.24, 2.45) is 0 Å². The molecule has 0 bridgehead atoms. The highest BCUT2D eigenvalue weighted by Crippen LogP contribution is 2.05. The Morgan fingerprint density at radius 2 is 1.88 bits per heavy atom. The number of nitrogens with zero attached hydrogens (tertiary/aromatic N) is 2. The minimum atomic E-state index is 0. The largest absolute Gasteiger partial charge is 0.336 e. The van der Waals surface area contributed by atoms with Crippen LogP contribution < -0.4 is 5.32 Å². The lowest BCUT2D eigenvalue weighted by molar-refractivity contribution is 0.136. The van der Waals surface area contributed by atoms with Crippen molar-refractivity contribution in [2.45, 2.75) is 46.1 Å². The van der Waals surface area contributed by atoms with Crippen LogP contribution in [0.4, 0.5) is 4.79 Å². The van der Waals surface area contributed by atoms with Crippen LogP contribution in [0.5, 0.6) is 0 Å². The number of unbranched alkanes of at least 4 members (excludes halogenated alkanes) is 2. The van der Waals surface area contributed by atoms with Crippen molar-refractivity contribution in [1.82, 2.24) is 15.1 Å². The second-order valence-electron chi connectivity index (χ2n) is 5.14. The summed E-state index contributed by atoms with van der Waals surface area (Å²) in [5.41, 5.74) is 0. The number of piperazine rings is 1. The summed E-state index contributed by atoms with van der Waals surface area (Å²) in [7, 11) is 0. The van der Waals surface area contributed by atoms with Crippen molar-refractivity contribution in [2.75, 3.05) is 32.7 Å². The van der Waals surface area contributed by atoms with Crippen molar-refractivity contribution >= 4 is 6.03 Å². The molecule has 1 heterocycles. The van der Waals surface area contributed by atoms with Crippen molar-refractivity contribution < 1.29 is 6.22 Å². The first-order valence-electron chi connectivity index (χ1n) is 6.91. The topological polar surface area (TPSA) is 35.6 Å². The number of hydrogen-bond donors (Lipinski definition) is 1. The first-order valence-corrected chi connectivity index (χ1v) is 6.91. The zero-order valence-electron chi connectivity index (χ0n) is 11.5. The standard InChI is InChI=1S/C13H27N3O.H2/c1-4-5-6-7-15-8-10-16(11-9-15)13(17)14-12(2)3;/h12H,4-11H2,1-3H3,(H,14,17);1H. The molecule has 102 valence electrons. The number of amides is 2. The van der Waals surface area contributed by atoms with Gasteiger partial charge in [-0.25, -0.2) is 4.79 Å². The van der Waals surface area contributed by atoms with Crippen molar-refractivity contribution in [1.29, 1.82) is 0 Å². The maximum atomic E-state index is 11.8. The highest BCUT2D eigenvalue weighted by Gasteiger charge is 2.20. The first kappa shape index (κ1) is 14.3. The van der Waals surface area contributed by atoms with Gasteiger partial charge in [-0.05, 0) is 26.8 Å². The SMILES string of the molecule is CCCCCN1CCN(C(=O)NC(C)C)CC1.[HH]. The summed E-state index contributed by atoms with van der Waals surface area (Å²) in [6.07, 6.45) is 3.87. The molecule has 1 aliphatic heterocycles. The number of nitrogens with one attached hydrogen (secondary N) is 1. The van der Waals surface area contributed by atoms with Crippen molar-refractivity contribution in [3.05, 3.63) is 0 Å². The Bertz CT molecular complexity index is 228. The van der Waals surface area contributed by atoms with Gasteiger partial charge in [0, 0.05) is 33.6 Å². The highest BCUT2D eigenvalue weighted by molar-refractivity contribution is 5.74. The lowest BCUT2D eigenvalue weighted by atomic mass is 10.2. The van der Waals surface area contributed by atoms with Gasteiger partial charge in [-0.15, -0.1) is 0 Å². The maximum Gasteiger partial charge on any atom is 0.317 e. The first-order chi connectivity index (χ1) is 8.13. The van der Waals surface area contributed by atoms with Gasteiger partial charge in [0.2, 0.25) is 0 Å². The molecule has 1 rings (SSSR count). The summed E-state index contributed by atoms with van der Waals surface area (Å²) in [6.45, 7) is 11.2. The molecule has 0 saturated carbocycles. The van der Waals surface area contributed by atoms with Gasteiger partial charge in [-0.2, -0.15) is 0 Å². The van der Waals surface area contributed by atoms with E-state index < -0.39 is 0 Å². The van der Waals surface area contributed by atoms with E-state index in [-0.39, 0.29) is 13.5 Å². The van der Waals surface area contributed by atoms with Gasteiger partial charge >= 0.3 is 6.03 Å². The van der Waals surface area contributed by atoms with Gasteiger partial charge in [-0.3, -0.25) is 4.90 Å². The third kappa shape index (κ3) is 5.39. The Hall–Kier alpha value is -0.770. The Kier molecular flexibility index (Phi) is 6.34. The van der Waals surface area contributed by atoms with Crippen molar-refractivity contribution in [3.63, 3.8) is 0 Å². The molecule has 1 aliphatic rings. The lowest BCUT2D eigenvalue weighted by Gasteiger charge is -2.35. The zero-order valence-corrected chi connectivity index (χ0v) is 11.5. The molecule has 1 saturated heterocycles. The molecule has 4 heteroatoms. The van der Waals surface area contributed by atoms with Crippen LogP contribution in [-0.2, 0) is 0 Å². The van der Waals surface area contributed by atoms with E-state index in [4.69, 9.17) is 0 Å². The molecule has 0 aliphatic carbocycles. The highest BCUT2D eigenvalue weighted by atomic mass is 16.2. The van der Waals surface area contributed by atoms with Crippen LogP contribution in [0.2, 0.25) is 0 Å². The number of carbonyl (C=O) groups is 1. The van der Waals surface area contributed by atoms with E-state index in [9.17, 15) is 4.79 Å². The molecule has 17 heavy (non-hydrogen) atoms. The van der Waals surface area contributed by atoms with Gasteiger partial charge in [0.1, 0.15) is 0 Å². The van der Waals surface area contributed by atoms with Crippen LogP contribution in [0.25, 0.3) is 0 Å². The third-order valence-corrected chi connectivity index (χ3v) is 3.15. The van der Waals surface area contributed by atoms with Gasteiger partial charge in [-0.1, -0.05) is 19.8 Å². The molecule has 1 N–H and O–H groups in total. The van der Waals surface area contributed by atoms with Crippen molar-refractivity contribution in [3.8, 4) is 0 Å². The second kappa shape index (κ2) is 7.54. The average Bonchev–Trinajstić information content (AvgIpc) is 2.29. The number of rotatable bonds is 5. The van der Waals surface area contributed by atoms with Crippen LogP contribution in [0.1, 0.15) is 41.5 Å². The quantitative estimate of drug-likeness (QED) is 0.751. The molecule has 0 spiro atoms. The summed E-state index contributed by atoms with van der Waals surface area (Å²) in [4.78, 5) is 16.2. The van der Waals surface area contributed by atoms with E-state index >= 15 is 0 Å². The smallest absolute Gasteiger partial charge is 0.317 e. The molecule has 0 radical (unpaired) electrons. The molecule has 0 unspecified atom stereocenters. The molecule has 0 atom stereocenters. The lowest BCUT2D eigenvalue weighted by Crippen LogP contribution is -2.52. The Labute approximate surface area is 107 Å². The van der Waals surface area contributed by atoms with Crippen LogP contribution >= 0.6 is 0 Å². The Morgan fingerprint density at radius 3 is 2.41 bits per heavy atom. The molecule has 4 nitrogen and oxygen atoms in total. The number of urea groups is 1. The molecule has 0 aromatic heterocycles. The van der Waals surface area contributed by atoms with E-state index in [1.54, 1.807) is 0 Å². The monoisotopic (exact) mass is 243 g/mol. The fourth-order valence-corrected chi connectivity index (χ4v) is 2.10. The minimum Gasteiger partial charge on any atom is -0.336 e. The molecular weight excluding hydrogens is 214 g/mol.